The molecule has 6 unspecified atom stereocenters. The van der Waals surface area contributed by atoms with Crippen LogP contribution in [0.25, 0.3) is 0 Å². The average Bonchev–Trinajstić information content (AvgIpc) is 3.20. The molecule has 0 amide bonds. The Morgan fingerprint density at radius 2 is 1.19 bits per heavy atom. The van der Waals surface area contributed by atoms with Gasteiger partial charge in [-0.25, -0.2) is 0 Å². The van der Waals surface area contributed by atoms with Gasteiger partial charge in [0.2, 0.25) is 0 Å². The summed E-state index contributed by atoms with van der Waals surface area (Å²) < 4.78 is 5.04. The van der Waals surface area contributed by atoms with Crippen molar-refractivity contribution in [2.45, 2.75) is 38.5 Å². The number of hydrogen-bond acceptors (Lipinski definition) is 5. The van der Waals surface area contributed by atoms with E-state index >= 15 is 0 Å². The normalized spacial score (nSPS) is 43.6. The van der Waals surface area contributed by atoms with Gasteiger partial charge in [-0.1, -0.05) is 0 Å². The van der Waals surface area contributed by atoms with Gasteiger partial charge < -0.3 is 4.74 Å². The summed E-state index contributed by atoms with van der Waals surface area (Å²) in [5.41, 5.74) is 0. The van der Waals surface area contributed by atoms with E-state index in [9.17, 15) is 19.2 Å². The fraction of sp³-hybridized carbons (Fsp3) is 0.750. The number of carbonyl (C=O) groups excluding carboxylic acids is 4. The lowest BCUT2D eigenvalue weighted by molar-refractivity contribution is -0.168. The van der Waals surface area contributed by atoms with Crippen LogP contribution < -0.4 is 0 Å². The molecule has 5 heteroatoms. The number of ether oxygens (including phenoxy) is 1. The molecule has 4 rings (SSSR count). The Bertz CT molecular complexity index is 503. The summed E-state index contributed by atoms with van der Waals surface area (Å²) in [6, 6.07) is 0. The lowest BCUT2D eigenvalue weighted by atomic mass is 9.88. The van der Waals surface area contributed by atoms with Gasteiger partial charge in [-0.3, -0.25) is 19.2 Å². The number of rotatable bonds is 2. The number of fused-ring (bicyclic) bond motifs is 4. The fourth-order valence-electron chi connectivity index (χ4n) is 4.92. The molecule has 4 saturated carbocycles. The molecule has 4 aliphatic carbocycles. The first-order valence-electron chi connectivity index (χ1n) is 7.89. The van der Waals surface area contributed by atoms with Crippen molar-refractivity contribution in [3.05, 3.63) is 0 Å². The zero-order valence-electron chi connectivity index (χ0n) is 11.7. The highest BCUT2D eigenvalue weighted by atomic mass is 16.6. The topological polar surface area (TPSA) is 77.5 Å². The van der Waals surface area contributed by atoms with Crippen LogP contribution >= 0.6 is 0 Å². The molecule has 112 valence electrons. The van der Waals surface area contributed by atoms with E-state index in [4.69, 9.17) is 4.74 Å². The van der Waals surface area contributed by atoms with E-state index in [1.807, 2.05) is 0 Å². The maximum Gasteiger partial charge on any atom is 0.317 e. The van der Waals surface area contributed by atoms with Crippen LogP contribution in [0, 0.1) is 35.5 Å². The van der Waals surface area contributed by atoms with Gasteiger partial charge in [0.25, 0.3) is 0 Å². The van der Waals surface area contributed by atoms with Crippen molar-refractivity contribution in [1.29, 1.82) is 0 Å². The third-order valence-corrected chi connectivity index (χ3v) is 6.04. The molecule has 5 nitrogen and oxygen atoms in total. The van der Waals surface area contributed by atoms with Crippen LogP contribution in [-0.4, -0.2) is 23.5 Å². The van der Waals surface area contributed by atoms with Crippen molar-refractivity contribution in [2.24, 2.45) is 35.5 Å². The third-order valence-electron chi connectivity index (χ3n) is 6.04. The molecule has 0 aromatic heterocycles. The molecule has 4 fully saturated rings. The third kappa shape index (κ3) is 1.82. The summed E-state index contributed by atoms with van der Waals surface area (Å²) in [7, 11) is 0. The highest BCUT2D eigenvalue weighted by Gasteiger charge is 2.53. The van der Waals surface area contributed by atoms with Crippen LogP contribution in [0.3, 0.4) is 0 Å². The van der Waals surface area contributed by atoms with Crippen LogP contribution in [-0.2, 0) is 23.9 Å². The zero-order valence-corrected chi connectivity index (χ0v) is 11.7. The van der Waals surface area contributed by atoms with Crippen molar-refractivity contribution in [1.82, 2.24) is 0 Å². The van der Waals surface area contributed by atoms with E-state index in [2.05, 4.69) is 0 Å². The Kier molecular flexibility index (Phi) is 2.81. The first-order valence-corrected chi connectivity index (χ1v) is 7.89. The Morgan fingerprint density at radius 1 is 0.762 bits per heavy atom. The zero-order chi connectivity index (χ0) is 14.7. The van der Waals surface area contributed by atoms with Crippen LogP contribution in [0.1, 0.15) is 38.5 Å². The monoisotopic (exact) mass is 290 g/mol. The molecule has 0 N–H and O–H groups in total. The lowest BCUT2D eigenvalue weighted by Crippen LogP contribution is -2.31. The van der Waals surface area contributed by atoms with Gasteiger partial charge >= 0.3 is 11.9 Å². The lowest BCUT2D eigenvalue weighted by Gasteiger charge is -2.21. The molecule has 6 atom stereocenters. The maximum absolute atomic E-state index is 12.2. The molecule has 0 spiro atoms. The molecular weight excluding hydrogens is 272 g/mol. The van der Waals surface area contributed by atoms with Gasteiger partial charge in [0.05, 0.1) is 11.8 Å². The van der Waals surface area contributed by atoms with Gasteiger partial charge in [0, 0.05) is 23.7 Å². The van der Waals surface area contributed by atoms with E-state index in [0.29, 0.717) is 12.8 Å². The predicted octanol–water partition coefficient (Wildman–Crippen LogP) is 1.29. The highest BCUT2D eigenvalue weighted by Crippen LogP contribution is 2.48. The van der Waals surface area contributed by atoms with Crippen LogP contribution in [0.15, 0.2) is 0 Å². The number of hydrogen-bond donors (Lipinski definition) is 0. The van der Waals surface area contributed by atoms with Crippen LogP contribution in [0.4, 0.5) is 0 Å². The molecule has 21 heavy (non-hydrogen) atoms. The smallest absolute Gasteiger partial charge is 0.317 e. The van der Waals surface area contributed by atoms with Gasteiger partial charge in [0.15, 0.2) is 0 Å². The standard InChI is InChI=1S/C16H18O5/c17-13-7-1-3-9(13)11(5-7)15(19)21-16(20)12-6-8-2-4-10(12)14(8)18/h7-12H,1-6H2. The molecular formula is C16H18O5. The number of Topliss-reactive ketones (excluding diaryl/α,β-unsaturated/α-hetero) is 2. The van der Waals surface area contributed by atoms with Gasteiger partial charge in [-0.2, -0.15) is 0 Å². The SMILES string of the molecule is O=C(OC(=O)C1CC2CCC1C2=O)C1CC2CCC1C2=O. The summed E-state index contributed by atoms with van der Waals surface area (Å²) in [5, 5.41) is 0. The Labute approximate surface area is 122 Å². The van der Waals surface area contributed by atoms with E-state index in [1.165, 1.54) is 0 Å². The predicted molar refractivity (Wildman–Crippen MR) is 69.8 cm³/mol. The fourth-order valence-corrected chi connectivity index (χ4v) is 4.92. The quantitative estimate of drug-likeness (QED) is 0.565. The second-order valence-electron chi connectivity index (χ2n) is 6.99. The largest absolute Gasteiger partial charge is 0.393 e. The highest BCUT2D eigenvalue weighted by molar-refractivity contribution is 5.99. The van der Waals surface area contributed by atoms with Gasteiger partial charge in [0.1, 0.15) is 11.6 Å². The molecule has 0 saturated heterocycles. The molecule has 0 aromatic carbocycles. The molecule has 0 radical (unpaired) electrons. The Morgan fingerprint density at radius 3 is 1.48 bits per heavy atom. The summed E-state index contributed by atoms with van der Waals surface area (Å²) in [6.07, 6.45) is 4.27. The minimum Gasteiger partial charge on any atom is -0.393 e. The number of esters is 2. The van der Waals surface area contributed by atoms with Crippen molar-refractivity contribution >= 4 is 23.5 Å². The Balaban J connectivity index is 1.40. The van der Waals surface area contributed by atoms with Crippen LogP contribution in [0.2, 0.25) is 0 Å². The van der Waals surface area contributed by atoms with Gasteiger partial charge in [-0.05, 0) is 38.5 Å². The average molecular weight is 290 g/mol. The summed E-state index contributed by atoms with van der Waals surface area (Å²) in [5.74, 6) is -2.12. The second-order valence-corrected chi connectivity index (χ2v) is 6.99. The summed E-state index contributed by atoms with van der Waals surface area (Å²) >= 11 is 0. The van der Waals surface area contributed by atoms with Crippen LogP contribution in [0.5, 0.6) is 0 Å². The second kappa shape index (κ2) is 4.49. The molecule has 0 heterocycles. The summed E-state index contributed by atoms with van der Waals surface area (Å²) in [4.78, 5) is 48.0. The van der Waals surface area contributed by atoms with Crippen molar-refractivity contribution in [3.63, 3.8) is 0 Å². The Hall–Kier alpha value is -1.52. The summed E-state index contributed by atoms with van der Waals surface area (Å²) in [6.45, 7) is 0. The molecule has 0 aliphatic heterocycles. The molecule has 4 bridgehead atoms. The molecule has 0 aromatic rings. The van der Waals surface area contributed by atoms with E-state index in [1.54, 1.807) is 0 Å². The first kappa shape index (κ1) is 13.2. The minimum absolute atomic E-state index is 0.00766. The van der Waals surface area contributed by atoms with E-state index < -0.39 is 23.8 Å². The minimum atomic E-state index is -0.546. The first-order chi connectivity index (χ1) is 10.1. The van der Waals surface area contributed by atoms with Crippen molar-refractivity contribution in [3.8, 4) is 0 Å². The molecule has 4 aliphatic rings. The van der Waals surface area contributed by atoms with E-state index in [0.717, 1.165) is 25.7 Å². The van der Waals surface area contributed by atoms with Gasteiger partial charge in [-0.15, -0.1) is 0 Å². The van der Waals surface area contributed by atoms with E-state index in [-0.39, 0.29) is 35.2 Å². The van der Waals surface area contributed by atoms with Crippen molar-refractivity contribution in [2.75, 3.05) is 0 Å². The van der Waals surface area contributed by atoms with Crippen molar-refractivity contribution < 1.29 is 23.9 Å². The number of carbonyl (C=O) groups is 4. The number of ketones is 2. The maximum atomic E-state index is 12.2.